The van der Waals surface area contributed by atoms with Gasteiger partial charge < -0.3 is 0 Å². The highest BCUT2D eigenvalue weighted by Gasteiger charge is 2.10. The summed E-state index contributed by atoms with van der Waals surface area (Å²) >= 11 is 0. The molecule has 1 rings (SSSR count). The third-order valence-corrected chi connectivity index (χ3v) is 12.5. The van der Waals surface area contributed by atoms with Gasteiger partial charge in [-0.3, -0.25) is 0 Å². The van der Waals surface area contributed by atoms with Gasteiger partial charge in [0, 0.05) is 0 Å². The van der Waals surface area contributed by atoms with Crippen molar-refractivity contribution in [3.05, 3.63) is 0 Å². The molecule has 0 aliphatic heterocycles. The predicted octanol–water partition coefficient (Wildman–Crippen LogP) is 21.7. The number of hydrogen-bond acceptors (Lipinski definition) is 0. The van der Waals surface area contributed by atoms with E-state index in [0.29, 0.717) is 10.8 Å². The average Bonchev–Trinajstić information content (AvgIpc) is 3.63. The van der Waals surface area contributed by atoms with Crippen LogP contribution in [0.1, 0.15) is 302 Å². The van der Waals surface area contributed by atoms with Crippen LogP contribution in [0.5, 0.6) is 0 Å². The molecule has 2 atom stereocenters. The highest BCUT2D eigenvalue weighted by Crippen LogP contribution is 2.24. The molecule has 0 spiro atoms. The lowest BCUT2D eigenvalue weighted by molar-refractivity contribution is 0.338. The van der Waals surface area contributed by atoms with Crippen molar-refractivity contribution >= 4 is 0 Å². The van der Waals surface area contributed by atoms with Gasteiger partial charge >= 0.3 is 0 Å². The van der Waals surface area contributed by atoms with E-state index in [4.69, 9.17) is 0 Å². The maximum atomic E-state index is 2.34. The van der Waals surface area contributed by atoms with Crippen molar-refractivity contribution in [2.45, 2.75) is 302 Å². The van der Waals surface area contributed by atoms with Crippen LogP contribution in [0.25, 0.3) is 0 Å². The van der Waals surface area contributed by atoms with E-state index < -0.39 is 0 Å². The second kappa shape index (κ2) is 50.1. The summed E-state index contributed by atoms with van der Waals surface area (Å²) < 4.78 is 0. The molecule has 0 heteroatoms. The normalized spacial score (nSPS) is 13.6. The predicted molar refractivity (Wildman–Crippen MR) is 268 cm³/mol. The second-order valence-corrected chi connectivity index (χ2v) is 20.7. The van der Waals surface area contributed by atoms with Gasteiger partial charge in [0.05, 0.1) is 0 Å². The Morgan fingerprint density at radius 1 is 0.455 bits per heavy atom. The fraction of sp³-hybridized carbons (Fsp3) is 1.00. The largest absolute Gasteiger partial charge is 0.0654 e. The maximum absolute atomic E-state index is 2.34. The Hall–Kier alpha value is 0. The smallest absolute Gasteiger partial charge is 0.0359 e. The van der Waals surface area contributed by atoms with Gasteiger partial charge in [-0.25, -0.2) is 0 Å². The Kier molecular flexibility index (Phi) is 63.5. The number of rotatable bonds is 17. The van der Waals surface area contributed by atoms with E-state index in [0.717, 1.165) is 47.3 Å². The van der Waals surface area contributed by atoms with Crippen LogP contribution in [0, 0.1) is 58.2 Å². The van der Waals surface area contributed by atoms with Gasteiger partial charge in [-0.05, 0) is 64.6 Å². The van der Waals surface area contributed by atoms with Crippen molar-refractivity contribution in [1.82, 2.24) is 0 Å². The van der Waals surface area contributed by atoms with E-state index in [-0.39, 0.29) is 0 Å². The van der Waals surface area contributed by atoms with Gasteiger partial charge in [-0.1, -0.05) is 296 Å². The maximum Gasteiger partial charge on any atom is -0.0359 e. The molecular formula is C55H124. The standard InChI is InChI=1S/7C7H16.C6H12/c1-6(2)5-7(3)4;2*1-5-7(3,4)6-2;1-5-7(4)6(2)3;1-4-5-6-7(2)3;1-4-6-7(3)5-2;1-4-7(5-2)6-3;1-6-4-2-3-5-6/h6-7H,5H2,1-4H3;2*5-6H2,1-4H3;6-7H,5H2,1-4H3;3*7H,4-6H2,1-3H3;6H,2-5H2,1H3/t;;;7-;;7-;;/m...0.1../s1. The van der Waals surface area contributed by atoms with Crippen molar-refractivity contribution in [3.8, 4) is 0 Å². The third-order valence-electron chi connectivity index (χ3n) is 12.5. The summed E-state index contributed by atoms with van der Waals surface area (Å²) in [4.78, 5) is 0. The Morgan fingerprint density at radius 2 is 0.818 bits per heavy atom. The quantitative estimate of drug-likeness (QED) is 0.138. The van der Waals surface area contributed by atoms with E-state index in [1.54, 1.807) is 0 Å². The zero-order valence-electron chi connectivity index (χ0n) is 45.1. The lowest BCUT2D eigenvalue weighted by Crippen LogP contribution is -2.05. The van der Waals surface area contributed by atoms with Crippen LogP contribution in [0.3, 0.4) is 0 Å². The molecule has 344 valence electrons. The van der Waals surface area contributed by atoms with Crippen molar-refractivity contribution in [1.29, 1.82) is 0 Å². The topological polar surface area (TPSA) is 0 Å². The summed E-state index contributed by atoms with van der Waals surface area (Å²) in [6, 6.07) is 0. The van der Waals surface area contributed by atoms with Crippen LogP contribution >= 0.6 is 0 Å². The van der Waals surface area contributed by atoms with Crippen molar-refractivity contribution in [2.75, 3.05) is 0 Å². The fourth-order valence-corrected chi connectivity index (χ4v) is 5.22. The summed E-state index contributed by atoms with van der Waals surface area (Å²) in [5.74, 6) is 7.40. The monoisotopic (exact) mass is 785 g/mol. The lowest BCUT2D eigenvalue weighted by Gasteiger charge is -2.18. The minimum atomic E-state index is 0.583. The molecule has 0 bridgehead atoms. The Morgan fingerprint density at radius 3 is 0.873 bits per heavy atom. The molecule has 0 aromatic heterocycles. The molecule has 1 aliphatic rings. The van der Waals surface area contributed by atoms with Crippen LogP contribution in [0.2, 0.25) is 0 Å². The van der Waals surface area contributed by atoms with Gasteiger partial charge in [-0.2, -0.15) is 0 Å². The molecule has 55 heavy (non-hydrogen) atoms. The van der Waals surface area contributed by atoms with Gasteiger partial charge in [0.25, 0.3) is 0 Å². The molecule has 0 unspecified atom stereocenters. The van der Waals surface area contributed by atoms with Crippen molar-refractivity contribution < 1.29 is 0 Å². The molecule has 0 heterocycles. The summed E-state index contributed by atoms with van der Waals surface area (Å²) in [7, 11) is 0. The molecule has 0 saturated heterocycles. The van der Waals surface area contributed by atoms with Crippen LogP contribution in [0.4, 0.5) is 0 Å². The second-order valence-electron chi connectivity index (χ2n) is 20.7. The molecule has 1 aliphatic carbocycles. The molecule has 0 aromatic carbocycles. The van der Waals surface area contributed by atoms with E-state index in [1.807, 2.05) is 0 Å². The first-order chi connectivity index (χ1) is 25.4. The van der Waals surface area contributed by atoms with Gasteiger partial charge in [0.15, 0.2) is 0 Å². The fourth-order valence-electron chi connectivity index (χ4n) is 5.22. The zero-order chi connectivity index (χ0) is 45.1. The Balaban J connectivity index is -0.0000000958. The van der Waals surface area contributed by atoms with Crippen LogP contribution < -0.4 is 0 Å². The average molecular weight is 786 g/mol. The SMILES string of the molecule is CC(C)CC(C)C.CC1CCCC1.CCC(C)(C)CC.CCC(C)(C)CC.CCC(CC)CC.CCCCC(C)C.CCC[C@H](C)CC.CC[C@H](C)C(C)C. The summed E-state index contributed by atoms with van der Waals surface area (Å²) in [6.07, 6.45) is 26.1. The summed E-state index contributed by atoms with van der Waals surface area (Å²) in [6.45, 7) is 59.0. The van der Waals surface area contributed by atoms with Crippen LogP contribution in [-0.4, -0.2) is 0 Å². The molecule has 0 nitrogen and oxygen atoms in total. The Labute approximate surface area is 358 Å². The third kappa shape index (κ3) is 75.4. The van der Waals surface area contributed by atoms with E-state index in [2.05, 4.69) is 180 Å². The molecule has 0 aromatic rings. The molecule has 1 fully saturated rings. The van der Waals surface area contributed by atoms with Gasteiger partial charge in [0.1, 0.15) is 0 Å². The van der Waals surface area contributed by atoms with Gasteiger partial charge in [-0.15, -0.1) is 0 Å². The minimum absolute atomic E-state index is 0.583. The van der Waals surface area contributed by atoms with Crippen molar-refractivity contribution in [2.24, 2.45) is 58.2 Å². The molecule has 0 N–H and O–H groups in total. The number of hydrogen-bond donors (Lipinski definition) is 0. The number of unbranched alkanes of at least 4 members (excludes halogenated alkanes) is 1. The van der Waals surface area contributed by atoms with E-state index >= 15 is 0 Å². The van der Waals surface area contributed by atoms with Gasteiger partial charge in [0.2, 0.25) is 0 Å². The highest BCUT2D eigenvalue weighted by atomic mass is 14.2. The van der Waals surface area contributed by atoms with Crippen molar-refractivity contribution in [3.63, 3.8) is 0 Å². The van der Waals surface area contributed by atoms with E-state index in [1.165, 1.54) is 122 Å². The lowest BCUT2D eigenvalue weighted by atomic mass is 9.88. The highest BCUT2D eigenvalue weighted by molar-refractivity contribution is 4.63. The molecule has 0 radical (unpaired) electrons. The zero-order valence-corrected chi connectivity index (χ0v) is 45.1. The summed E-state index contributed by atoms with van der Waals surface area (Å²) in [5.41, 5.74) is 1.17. The molecule has 0 amide bonds. The summed E-state index contributed by atoms with van der Waals surface area (Å²) in [5, 5.41) is 0. The minimum Gasteiger partial charge on any atom is -0.0654 e. The Bertz CT molecular complexity index is 567. The van der Waals surface area contributed by atoms with Crippen LogP contribution in [-0.2, 0) is 0 Å². The molecule has 1 saturated carbocycles. The van der Waals surface area contributed by atoms with E-state index in [9.17, 15) is 0 Å². The first-order valence-electron chi connectivity index (χ1n) is 25.4. The first-order valence-corrected chi connectivity index (χ1v) is 25.4. The van der Waals surface area contributed by atoms with Crippen LogP contribution in [0.15, 0.2) is 0 Å². The molecular weight excluding hydrogens is 661 g/mol. The first kappa shape index (κ1) is 69.6.